The van der Waals surface area contributed by atoms with Crippen LogP contribution in [-0.2, 0) is 28.9 Å². The molecule has 2 heterocycles. The smallest absolute Gasteiger partial charge is 0.337 e. The summed E-state index contributed by atoms with van der Waals surface area (Å²) in [6, 6.07) is 12.1. The van der Waals surface area contributed by atoms with Crippen LogP contribution in [0.4, 0.5) is 0 Å². The summed E-state index contributed by atoms with van der Waals surface area (Å²) in [5.41, 5.74) is 5.08. The summed E-state index contributed by atoms with van der Waals surface area (Å²) in [7, 11) is 3.00. The normalized spacial score (nSPS) is 14.3. The van der Waals surface area contributed by atoms with E-state index in [1.807, 2.05) is 17.9 Å². The summed E-state index contributed by atoms with van der Waals surface area (Å²) < 4.78 is 12.8. The summed E-state index contributed by atoms with van der Waals surface area (Å²) in [5, 5.41) is 1.20. The van der Waals surface area contributed by atoms with Gasteiger partial charge in [0.25, 0.3) is 0 Å². The van der Waals surface area contributed by atoms with Crippen molar-refractivity contribution in [2.45, 2.75) is 52.5 Å². The molecule has 0 bridgehead atoms. The first-order chi connectivity index (χ1) is 16.9. The topological polar surface area (TPSA) is 60.8 Å². The largest absolute Gasteiger partial charge is 0.496 e. The van der Waals surface area contributed by atoms with E-state index in [2.05, 4.69) is 35.9 Å². The van der Waals surface area contributed by atoms with Crippen LogP contribution in [0.5, 0.6) is 5.75 Å². The predicted molar refractivity (Wildman–Crippen MR) is 138 cm³/mol. The van der Waals surface area contributed by atoms with Gasteiger partial charge in [-0.25, -0.2) is 4.79 Å². The van der Waals surface area contributed by atoms with Crippen molar-refractivity contribution in [3.05, 3.63) is 64.8 Å². The fourth-order valence-corrected chi connectivity index (χ4v) is 5.14. The molecular weight excluding hydrogens is 440 g/mol. The zero-order valence-corrected chi connectivity index (χ0v) is 21.3. The highest BCUT2D eigenvalue weighted by Crippen LogP contribution is 2.30. The number of ether oxygens (including phenoxy) is 2. The lowest BCUT2D eigenvalue weighted by Gasteiger charge is -2.20. The third-order valence-electron chi connectivity index (χ3n) is 6.96. The third-order valence-corrected chi connectivity index (χ3v) is 6.96. The molecule has 1 atom stereocenters. The Kier molecular flexibility index (Phi) is 7.79. The molecule has 0 radical (unpaired) electrons. The number of nitrogens with zero attached hydrogens (tertiary/aromatic N) is 2. The number of esters is 1. The van der Waals surface area contributed by atoms with Crippen LogP contribution in [0.3, 0.4) is 0 Å². The van der Waals surface area contributed by atoms with E-state index in [4.69, 9.17) is 9.47 Å². The quantitative estimate of drug-likeness (QED) is 0.397. The standard InChI is InChI=1S/C29H36N2O4/c1-5-12-31-19-24(17-22-9-10-23(29(33)35-4)18-27(22)34-3)25-16-21(8-11-26(25)31)15-20(2)28(32)30-13-6-7-14-30/h8-11,16,18-20H,5-7,12-15,17H2,1-4H3. The first kappa shape index (κ1) is 24.8. The van der Waals surface area contributed by atoms with E-state index in [9.17, 15) is 9.59 Å². The number of hydrogen-bond donors (Lipinski definition) is 0. The lowest BCUT2D eigenvalue weighted by atomic mass is 9.96. The molecule has 1 saturated heterocycles. The Morgan fingerprint density at radius 2 is 1.80 bits per heavy atom. The zero-order valence-electron chi connectivity index (χ0n) is 21.3. The summed E-state index contributed by atoms with van der Waals surface area (Å²) >= 11 is 0. The van der Waals surface area contributed by atoms with Gasteiger partial charge in [-0.15, -0.1) is 0 Å². The second kappa shape index (κ2) is 11.0. The maximum absolute atomic E-state index is 12.9. The van der Waals surface area contributed by atoms with E-state index >= 15 is 0 Å². The Labute approximate surface area is 207 Å². The van der Waals surface area contributed by atoms with Gasteiger partial charge in [0.2, 0.25) is 5.91 Å². The number of aryl methyl sites for hydroxylation is 1. The van der Waals surface area contributed by atoms with Crippen molar-refractivity contribution < 1.29 is 19.1 Å². The van der Waals surface area contributed by atoms with Crippen LogP contribution < -0.4 is 4.74 Å². The molecule has 0 spiro atoms. The van der Waals surface area contributed by atoms with Crippen molar-refractivity contribution in [1.29, 1.82) is 0 Å². The fraction of sp³-hybridized carbons (Fsp3) is 0.448. The van der Waals surface area contributed by atoms with Crippen LogP contribution in [0.2, 0.25) is 0 Å². The van der Waals surface area contributed by atoms with Crippen LogP contribution in [0, 0.1) is 5.92 Å². The van der Waals surface area contributed by atoms with E-state index < -0.39 is 0 Å². The maximum atomic E-state index is 12.9. The summed E-state index contributed by atoms with van der Waals surface area (Å²) in [6.45, 7) is 6.95. The third kappa shape index (κ3) is 5.37. The second-order valence-electron chi connectivity index (χ2n) is 9.53. The lowest BCUT2D eigenvalue weighted by molar-refractivity contribution is -0.133. The summed E-state index contributed by atoms with van der Waals surface area (Å²) in [4.78, 5) is 26.8. The Hall–Kier alpha value is -3.28. The first-order valence-corrected chi connectivity index (χ1v) is 12.6. The molecule has 0 N–H and O–H groups in total. The SMILES string of the molecule is CCCn1cc(Cc2ccc(C(=O)OC)cc2OC)c2cc(CC(C)C(=O)N3CCCC3)ccc21. The van der Waals surface area contributed by atoms with E-state index in [1.54, 1.807) is 19.2 Å². The Bertz CT molecular complexity index is 1210. The molecule has 1 unspecified atom stereocenters. The number of amides is 1. The van der Waals surface area contributed by atoms with Crippen LogP contribution in [-0.4, -0.2) is 48.7 Å². The number of benzene rings is 2. The Morgan fingerprint density at radius 3 is 2.49 bits per heavy atom. The van der Waals surface area contributed by atoms with Crippen LogP contribution in [0.1, 0.15) is 60.2 Å². The molecule has 2 aromatic carbocycles. The molecule has 1 aliphatic heterocycles. The van der Waals surface area contributed by atoms with Crippen molar-refractivity contribution in [1.82, 2.24) is 9.47 Å². The van der Waals surface area contributed by atoms with Gasteiger partial charge in [0.15, 0.2) is 0 Å². The predicted octanol–water partition coefficient (Wildman–Crippen LogP) is 5.24. The zero-order chi connectivity index (χ0) is 24.9. The molecule has 0 saturated carbocycles. The molecule has 1 aromatic heterocycles. The molecule has 1 aliphatic rings. The number of carbonyl (C=O) groups is 2. The van der Waals surface area contributed by atoms with Crippen molar-refractivity contribution in [3.8, 4) is 5.75 Å². The van der Waals surface area contributed by atoms with Gasteiger partial charge in [0, 0.05) is 49.1 Å². The molecule has 3 aromatic rings. The molecule has 1 fully saturated rings. The van der Waals surface area contributed by atoms with Gasteiger partial charge in [-0.1, -0.05) is 26.0 Å². The number of fused-ring (bicyclic) bond motifs is 1. The van der Waals surface area contributed by atoms with Gasteiger partial charge in [-0.05, 0) is 66.6 Å². The molecular formula is C29H36N2O4. The average molecular weight is 477 g/mol. The highest BCUT2D eigenvalue weighted by molar-refractivity contribution is 5.90. The minimum atomic E-state index is -0.378. The highest BCUT2D eigenvalue weighted by Gasteiger charge is 2.23. The number of rotatable bonds is 9. The Balaban J connectivity index is 1.64. The van der Waals surface area contributed by atoms with Crippen molar-refractivity contribution >= 4 is 22.8 Å². The molecule has 1 amide bonds. The second-order valence-corrected chi connectivity index (χ2v) is 9.53. The highest BCUT2D eigenvalue weighted by atomic mass is 16.5. The maximum Gasteiger partial charge on any atom is 0.337 e. The van der Waals surface area contributed by atoms with Crippen molar-refractivity contribution in [2.75, 3.05) is 27.3 Å². The number of aromatic nitrogens is 1. The van der Waals surface area contributed by atoms with Gasteiger partial charge in [-0.2, -0.15) is 0 Å². The number of likely N-dealkylation sites (tertiary alicyclic amines) is 1. The average Bonchev–Trinajstić information content (AvgIpc) is 3.52. The lowest BCUT2D eigenvalue weighted by Crippen LogP contribution is -2.33. The van der Waals surface area contributed by atoms with Crippen molar-refractivity contribution in [2.24, 2.45) is 5.92 Å². The van der Waals surface area contributed by atoms with Gasteiger partial charge >= 0.3 is 5.97 Å². The van der Waals surface area contributed by atoms with Crippen LogP contribution >= 0.6 is 0 Å². The number of hydrogen-bond acceptors (Lipinski definition) is 4. The van der Waals surface area contributed by atoms with E-state index in [0.29, 0.717) is 17.7 Å². The summed E-state index contributed by atoms with van der Waals surface area (Å²) in [5.74, 6) is 0.529. The molecule has 0 aliphatic carbocycles. The van der Waals surface area contributed by atoms with Crippen LogP contribution in [0.25, 0.3) is 10.9 Å². The van der Waals surface area contributed by atoms with Gasteiger partial charge in [-0.3, -0.25) is 4.79 Å². The Morgan fingerprint density at radius 1 is 1.03 bits per heavy atom. The van der Waals surface area contributed by atoms with Gasteiger partial charge in [0.05, 0.1) is 19.8 Å². The number of methoxy groups -OCH3 is 2. The molecule has 4 rings (SSSR count). The molecule has 6 heteroatoms. The number of carbonyl (C=O) groups excluding carboxylic acids is 2. The van der Waals surface area contributed by atoms with E-state index in [1.165, 1.54) is 29.1 Å². The van der Waals surface area contributed by atoms with E-state index in [0.717, 1.165) is 50.9 Å². The van der Waals surface area contributed by atoms with E-state index in [-0.39, 0.29) is 17.8 Å². The van der Waals surface area contributed by atoms with Crippen LogP contribution in [0.15, 0.2) is 42.6 Å². The fourth-order valence-electron chi connectivity index (χ4n) is 5.14. The minimum absolute atomic E-state index is 0.0299. The van der Waals surface area contributed by atoms with Gasteiger partial charge < -0.3 is 18.9 Å². The van der Waals surface area contributed by atoms with Gasteiger partial charge in [0.1, 0.15) is 5.75 Å². The molecule has 186 valence electrons. The summed E-state index contributed by atoms with van der Waals surface area (Å²) in [6.07, 6.45) is 6.92. The molecule has 35 heavy (non-hydrogen) atoms. The van der Waals surface area contributed by atoms with Crippen molar-refractivity contribution in [3.63, 3.8) is 0 Å². The first-order valence-electron chi connectivity index (χ1n) is 12.6. The molecule has 6 nitrogen and oxygen atoms in total. The monoisotopic (exact) mass is 476 g/mol. The minimum Gasteiger partial charge on any atom is -0.496 e.